The molecule has 156 valence electrons. The lowest BCUT2D eigenvalue weighted by Crippen LogP contribution is -2.47. The fourth-order valence-electron chi connectivity index (χ4n) is 3.29. The second-order valence-corrected chi connectivity index (χ2v) is 6.94. The Kier molecular flexibility index (Phi) is 8.18. The Morgan fingerprint density at radius 3 is 2.62 bits per heavy atom. The van der Waals surface area contributed by atoms with Gasteiger partial charge in [0.25, 0.3) is 0 Å². The van der Waals surface area contributed by atoms with Gasteiger partial charge in [-0.05, 0) is 37.1 Å². The van der Waals surface area contributed by atoms with Crippen LogP contribution in [0, 0.1) is 5.82 Å². The maximum absolute atomic E-state index is 13.3. The van der Waals surface area contributed by atoms with E-state index >= 15 is 0 Å². The number of benzene rings is 1. The number of anilines is 1. The Morgan fingerprint density at radius 1 is 1.10 bits per heavy atom. The molecule has 1 fully saturated rings. The largest absolute Gasteiger partial charge is 0.357 e. The molecule has 2 N–H and O–H groups in total. The van der Waals surface area contributed by atoms with Crippen LogP contribution in [0.3, 0.4) is 0 Å². The molecule has 1 aliphatic heterocycles. The zero-order valence-electron chi connectivity index (χ0n) is 17.0. The van der Waals surface area contributed by atoms with E-state index in [2.05, 4.69) is 42.3 Å². The molecule has 2 aromatic rings. The predicted molar refractivity (Wildman–Crippen MR) is 115 cm³/mol. The van der Waals surface area contributed by atoms with Gasteiger partial charge < -0.3 is 15.5 Å². The molecule has 0 radical (unpaired) electrons. The highest BCUT2D eigenvalue weighted by Gasteiger charge is 2.18. The normalized spacial score (nSPS) is 15.4. The summed E-state index contributed by atoms with van der Waals surface area (Å²) in [5.41, 5.74) is 0.980. The van der Waals surface area contributed by atoms with Gasteiger partial charge in [0.2, 0.25) is 5.95 Å². The number of halogens is 1. The number of nitrogens with zero attached hydrogens (tertiary/aromatic N) is 5. The summed E-state index contributed by atoms with van der Waals surface area (Å²) in [7, 11) is 0. The fraction of sp³-hybridized carbons (Fsp3) is 0.476. The van der Waals surface area contributed by atoms with Gasteiger partial charge in [-0.15, -0.1) is 0 Å². The first-order valence-electron chi connectivity index (χ1n) is 10.3. The monoisotopic (exact) mass is 399 g/mol. The number of rotatable bonds is 8. The van der Waals surface area contributed by atoms with E-state index in [1.807, 2.05) is 12.1 Å². The average Bonchev–Trinajstić information content (AvgIpc) is 2.75. The van der Waals surface area contributed by atoms with Crippen LogP contribution in [0.15, 0.2) is 47.7 Å². The van der Waals surface area contributed by atoms with E-state index in [9.17, 15) is 4.39 Å². The highest BCUT2D eigenvalue weighted by Crippen LogP contribution is 2.09. The summed E-state index contributed by atoms with van der Waals surface area (Å²) >= 11 is 0. The molecule has 0 atom stereocenters. The molecule has 29 heavy (non-hydrogen) atoms. The quantitative estimate of drug-likeness (QED) is 0.518. The molecule has 7 nitrogen and oxygen atoms in total. The number of aromatic nitrogens is 2. The lowest BCUT2D eigenvalue weighted by Gasteiger charge is -2.34. The van der Waals surface area contributed by atoms with Gasteiger partial charge in [-0.2, -0.15) is 0 Å². The van der Waals surface area contributed by atoms with Crippen LogP contribution in [-0.4, -0.2) is 73.2 Å². The summed E-state index contributed by atoms with van der Waals surface area (Å²) in [5.74, 6) is 1.42. The van der Waals surface area contributed by atoms with Crippen LogP contribution in [0.5, 0.6) is 0 Å². The van der Waals surface area contributed by atoms with E-state index < -0.39 is 0 Å². The maximum atomic E-state index is 13.3. The van der Waals surface area contributed by atoms with E-state index in [4.69, 9.17) is 0 Å². The van der Waals surface area contributed by atoms with Gasteiger partial charge in [0.05, 0.1) is 6.54 Å². The second kappa shape index (κ2) is 11.3. The second-order valence-electron chi connectivity index (χ2n) is 6.94. The van der Waals surface area contributed by atoms with Crippen molar-refractivity contribution in [2.24, 2.45) is 4.99 Å². The molecule has 8 heteroatoms. The van der Waals surface area contributed by atoms with Crippen molar-refractivity contribution in [1.29, 1.82) is 0 Å². The average molecular weight is 400 g/mol. The first-order chi connectivity index (χ1) is 14.2. The molecule has 1 aliphatic rings. The summed E-state index contributed by atoms with van der Waals surface area (Å²) in [6.45, 7) is 9.05. The molecule has 1 aromatic carbocycles. The number of hydrogen-bond acceptors (Lipinski definition) is 5. The first-order valence-corrected chi connectivity index (χ1v) is 10.3. The van der Waals surface area contributed by atoms with Crippen LogP contribution in [0.25, 0.3) is 0 Å². The summed E-state index contributed by atoms with van der Waals surface area (Å²) < 4.78 is 13.3. The highest BCUT2D eigenvalue weighted by molar-refractivity contribution is 5.79. The Labute approximate surface area is 172 Å². The third kappa shape index (κ3) is 6.98. The van der Waals surface area contributed by atoms with Crippen molar-refractivity contribution in [3.8, 4) is 0 Å². The molecule has 3 rings (SSSR count). The topological polar surface area (TPSA) is 68.7 Å². The van der Waals surface area contributed by atoms with Crippen molar-refractivity contribution >= 4 is 11.9 Å². The summed E-state index contributed by atoms with van der Waals surface area (Å²) in [4.78, 5) is 18.0. The van der Waals surface area contributed by atoms with Crippen molar-refractivity contribution in [3.63, 3.8) is 0 Å². The molecule has 1 saturated heterocycles. The lowest BCUT2D eigenvalue weighted by atomic mass is 10.1. The van der Waals surface area contributed by atoms with Crippen LogP contribution in [0.2, 0.25) is 0 Å². The van der Waals surface area contributed by atoms with Gasteiger partial charge in [0.15, 0.2) is 5.96 Å². The highest BCUT2D eigenvalue weighted by atomic mass is 19.1. The molecule has 1 aromatic heterocycles. The van der Waals surface area contributed by atoms with Crippen LogP contribution in [-0.2, 0) is 6.42 Å². The van der Waals surface area contributed by atoms with Crippen molar-refractivity contribution < 1.29 is 4.39 Å². The first kappa shape index (κ1) is 21.0. The Hall–Kier alpha value is -2.74. The summed E-state index contributed by atoms with van der Waals surface area (Å²) in [6, 6.07) is 8.56. The third-order valence-corrected chi connectivity index (χ3v) is 4.83. The van der Waals surface area contributed by atoms with Gasteiger partial charge in [-0.25, -0.2) is 14.4 Å². The van der Waals surface area contributed by atoms with Crippen molar-refractivity contribution in [2.45, 2.75) is 13.3 Å². The molecular formula is C21H30FN7. The predicted octanol–water partition coefficient (Wildman–Crippen LogP) is 1.54. The molecule has 2 heterocycles. The molecular weight excluding hydrogens is 369 g/mol. The van der Waals surface area contributed by atoms with Gasteiger partial charge in [-0.3, -0.25) is 9.89 Å². The number of guanidine groups is 1. The van der Waals surface area contributed by atoms with E-state index in [0.717, 1.165) is 69.7 Å². The number of hydrogen-bond donors (Lipinski definition) is 2. The van der Waals surface area contributed by atoms with Gasteiger partial charge in [-0.1, -0.05) is 12.1 Å². The van der Waals surface area contributed by atoms with Crippen molar-refractivity contribution in [3.05, 3.63) is 54.1 Å². The standard InChI is InChI=1S/C21H30FN7/c1-2-23-20(24-10-7-18-5-3-6-19(22)17-18)25-11-12-28-13-15-29(16-14-28)21-26-8-4-9-27-21/h3-6,8-9,17H,2,7,10-16H2,1H3,(H2,23,24,25). The SMILES string of the molecule is CCNC(=NCCN1CCN(c2ncccn2)CC1)NCCc1cccc(F)c1. The van der Waals surface area contributed by atoms with E-state index in [0.29, 0.717) is 6.54 Å². The smallest absolute Gasteiger partial charge is 0.225 e. The van der Waals surface area contributed by atoms with Crippen LogP contribution in [0.4, 0.5) is 10.3 Å². The number of nitrogens with one attached hydrogen (secondary N) is 2. The zero-order chi connectivity index (χ0) is 20.3. The van der Waals surface area contributed by atoms with Gasteiger partial charge in [0.1, 0.15) is 5.82 Å². The fourth-order valence-corrected chi connectivity index (χ4v) is 3.29. The number of piperazine rings is 1. The number of aliphatic imine (C=N–C) groups is 1. The Morgan fingerprint density at radius 2 is 1.90 bits per heavy atom. The van der Waals surface area contributed by atoms with Gasteiger partial charge in [0, 0.05) is 58.2 Å². The summed E-state index contributed by atoms with van der Waals surface area (Å²) in [6.07, 6.45) is 4.33. The van der Waals surface area contributed by atoms with Gasteiger partial charge >= 0.3 is 0 Å². The molecule has 0 amide bonds. The minimum Gasteiger partial charge on any atom is -0.357 e. The van der Waals surface area contributed by atoms with Crippen molar-refractivity contribution in [1.82, 2.24) is 25.5 Å². The van der Waals surface area contributed by atoms with Crippen LogP contribution >= 0.6 is 0 Å². The van der Waals surface area contributed by atoms with Crippen LogP contribution < -0.4 is 15.5 Å². The van der Waals surface area contributed by atoms with Crippen LogP contribution in [0.1, 0.15) is 12.5 Å². The molecule has 0 aliphatic carbocycles. The van der Waals surface area contributed by atoms with E-state index in [1.165, 1.54) is 6.07 Å². The Bertz CT molecular complexity index is 761. The zero-order valence-corrected chi connectivity index (χ0v) is 17.0. The molecule has 0 saturated carbocycles. The maximum Gasteiger partial charge on any atom is 0.225 e. The van der Waals surface area contributed by atoms with Crippen molar-refractivity contribution in [2.75, 3.05) is 57.3 Å². The minimum absolute atomic E-state index is 0.193. The lowest BCUT2D eigenvalue weighted by molar-refractivity contribution is 0.263. The Balaban J connectivity index is 1.39. The van der Waals surface area contributed by atoms with E-state index in [1.54, 1.807) is 24.5 Å². The minimum atomic E-state index is -0.193. The summed E-state index contributed by atoms with van der Waals surface area (Å²) in [5, 5.41) is 6.60. The molecule has 0 unspecified atom stereocenters. The molecule has 0 bridgehead atoms. The molecule has 0 spiro atoms. The third-order valence-electron chi connectivity index (χ3n) is 4.83. The van der Waals surface area contributed by atoms with E-state index in [-0.39, 0.29) is 5.82 Å².